The molecule has 1 fully saturated rings. The molecule has 1 aromatic rings. The summed E-state index contributed by atoms with van der Waals surface area (Å²) in [6, 6.07) is 0.495. The van der Waals surface area contributed by atoms with Crippen molar-refractivity contribution in [2.75, 3.05) is 6.26 Å². The summed E-state index contributed by atoms with van der Waals surface area (Å²) < 4.78 is 6.39. The van der Waals surface area contributed by atoms with Crippen LogP contribution in [0.3, 0.4) is 0 Å². The summed E-state index contributed by atoms with van der Waals surface area (Å²) in [4.78, 5) is 8.33. The Bertz CT molecular complexity index is 317. The van der Waals surface area contributed by atoms with Gasteiger partial charge in [-0.25, -0.2) is 4.98 Å². The zero-order valence-electron chi connectivity index (χ0n) is 7.16. The van der Waals surface area contributed by atoms with E-state index in [0.717, 1.165) is 22.3 Å². The smallest absolute Gasteiger partial charge is 0.317 e. The molecule has 1 saturated carbocycles. The molecule has 0 spiro atoms. The highest BCUT2D eigenvalue weighted by atomic mass is 79.9. The van der Waals surface area contributed by atoms with Crippen molar-refractivity contribution in [3.05, 3.63) is 10.7 Å². The van der Waals surface area contributed by atoms with Gasteiger partial charge in [-0.1, -0.05) is 0 Å². The molecule has 1 heterocycles. The van der Waals surface area contributed by atoms with E-state index in [2.05, 4.69) is 25.9 Å². The molecule has 0 N–H and O–H groups in total. The summed E-state index contributed by atoms with van der Waals surface area (Å²) >= 11 is 4.95. The number of thioether (sulfide) groups is 1. The van der Waals surface area contributed by atoms with E-state index in [1.165, 1.54) is 0 Å². The lowest BCUT2D eigenvalue weighted by Gasteiger charge is -2.03. The minimum atomic E-state index is 0.357. The van der Waals surface area contributed by atoms with Gasteiger partial charge in [0.2, 0.25) is 0 Å². The van der Waals surface area contributed by atoms with Crippen LogP contribution in [-0.4, -0.2) is 22.3 Å². The standard InChI is InChI=1S/C8H9BrN2OS/c1-13-7-6(9)4-10-8(11-7)12-5-2-3-5/h4-5H,2-3H2,1H3. The Balaban J connectivity index is 2.16. The normalized spacial score (nSPS) is 15.8. The number of aromatic nitrogens is 2. The van der Waals surface area contributed by atoms with Gasteiger partial charge < -0.3 is 4.74 Å². The Kier molecular flexibility index (Phi) is 2.74. The number of hydrogen-bond acceptors (Lipinski definition) is 4. The highest BCUT2D eigenvalue weighted by molar-refractivity contribution is 9.10. The quantitative estimate of drug-likeness (QED) is 0.618. The Morgan fingerprint density at radius 2 is 2.38 bits per heavy atom. The first-order valence-electron chi connectivity index (χ1n) is 4.03. The Hall–Kier alpha value is -0.290. The van der Waals surface area contributed by atoms with Crippen LogP contribution >= 0.6 is 27.7 Å². The number of rotatable bonds is 3. The van der Waals surface area contributed by atoms with Crippen molar-refractivity contribution < 1.29 is 4.74 Å². The van der Waals surface area contributed by atoms with Crippen LogP contribution in [0, 0.1) is 0 Å². The minimum absolute atomic E-state index is 0.357. The molecule has 70 valence electrons. The number of ether oxygens (including phenoxy) is 1. The molecule has 0 amide bonds. The average molecular weight is 261 g/mol. The minimum Gasteiger partial charge on any atom is -0.460 e. The molecule has 5 heteroatoms. The molecule has 0 atom stereocenters. The third kappa shape index (κ3) is 2.34. The lowest BCUT2D eigenvalue weighted by molar-refractivity contribution is 0.275. The predicted octanol–water partition coefficient (Wildman–Crippen LogP) is 2.50. The van der Waals surface area contributed by atoms with E-state index in [9.17, 15) is 0 Å². The van der Waals surface area contributed by atoms with E-state index >= 15 is 0 Å². The van der Waals surface area contributed by atoms with E-state index in [1.54, 1.807) is 18.0 Å². The lowest BCUT2D eigenvalue weighted by Crippen LogP contribution is -2.01. The van der Waals surface area contributed by atoms with Crippen LogP contribution in [0.25, 0.3) is 0 Å². The molecule has 0 aliphatic heterocycles. The van der Waals surface area contributed by atoms with Crippen LogP contribution in [0.15, 0.2) is 15.7 Å². The summed E-state index contributed by atoms with van der Waals surface area (Å²) in [7, 11) is 0. The van der Waals surface area contributed by atoms with Crippen molar-refractivity contribution in [1.82, 2.24) is 9.97 Å². The van der Waals surface area contributed by atoms with Gasteiger partial charge in [0.25, 0.3) is 0 Å². The van der Waals surface area contributed by atoms with Gasteiger partial charge in [0, 0.05) is 6.20 Å². The summed E-state index contributed by atoms with van der Waals surface area (Å²) in [6.07, 6.45) is 6.34. The molecule has 1 aliphatic carbocycles. The van der Waals surface area contributed by atoms with Gasteiger partial charge in [-0.3, -0.25) is 0 Å². The first-order chi connectivity index (χ1) is 6.29. The van der Waals surface area contributed by atoms with Crippen molar-refractivity contribution in [2.45, 2.75) is 24.0 Å². The topological polar surface area (TPSA) is 35.0 Å². The molecule has 3 nitrogen and oxygen atoms in total. The van der Waals surface area contributed by atoms with Gasteiger partial charge in [0.05, 0.1) is 4.47 Å². The van der Waals surface area contributed by atoms with Crippen LogP contribution < -0.4 is 4.74 Å². The molecule has 1 aliphatic rings. The Morgan fingerprint density at radius 1 is 1.62 bits per heavy atom. The van der Waals surface area contributed by atoms with Crippen molar-refractivity contribution >= 4 is 27.7 Å². The highest BCUT2D eigenvalue weighted by Crippen LogP contribution is 2.28. The van der Waals surface area contributed by atoms with Crippen LogP contribution in [0.1, 0.15) is 12.8 Å². The molecule has 13 heavy (non-hydrogen) atoms. The zero-order valence-corrected chi connectivity index (χ0v) is 9.56. The van der Waals surface area contributed by atoms with Gasteiger partial charge in [-0.15, -0.1) is 11.8 Å². The third-order valence-corrected chi connectivity index (χ3v) is 3.22. The Morgan fingerprint density at radius 3 is 3.00 bits per heavy atom. The largest absolute Gasteiger partial charge is 0.460 e. The summed E-state index contributed by atoms with van der Waals surface area (Å²) in [5.41, 5.74) is 0. The number of nitrogens with zero attached hydrogens (tertiary/aromatic N) is 2. The van der Waals surface area contributed by atoms with Gasteiger partial charge >= 0.3 is 6.01 Å². The fourth-order valence-corrected chi connectivity index (χ4v) is 1.96. The van der Waals surface area contributed by atoms with E-state index in [4.69, 9.17) is 4.74 Å². The molecule has 1 aromatic heterocycles. The van der Waals surface area contributed by atoms with Crippen LogP contribution in [-0.2, 0) is 0 Å². The molecule has 0 radical (unpaired) electrons. The van der Waals surface area contributed by atoms with E-state index < -0.39 is 0 Å². The van der Waals surface area contributed by atoms with Crippen molar-refractivity contribution in [3.63, 3.8) is 0 Å². The van der Waals surface area contributed by atoms with Gasteiger partial charge in [0.15, 0.2) is 0 Å². The number of hydrogen-bond donors (Lipinski definition) is 0. The second-order valence-electron chi connectivity index (χ2n) is 2.83. The van der Waals surface area contributed by atoms with E-state index in [0.29, 0.717) is 12.1 Å². The summed E-state index contributed by atoms with van der Waals surface area (Å²) in [6.45, 7) is 0. The predicted molar refractivity (Wildman–Crippen MR) is 55.2 cm³/mol. The maximum absolute atomic E-state index is 5.47. The summed E-state index contributed by atoms with van der Waals surface area (Å²) in [5.74, 6) is 0. The Labute approximate surface area is 89.4 Å². The maximum Gasteiger partial charge on any atom is 0.317 e. The average Bonchev–Trinajstić information content (AvgIpc) is 2.92. The lowest BCUT2D eigenvalue weighted by atomic mass is 10.7. The fourth-order valence-electron chi connectivity index (χ4n) is 0.871. The third-order valence-electron chi connectivity index (χ3n) is 1.68. The van der Waals surface area contributed by atoms with Gasteiger partial charge in [-0.05, 0) is 35.0 Å². The molecular weight excluding hydrogens is 252 g/mol. The second kappa shape index (κ2) is 3.84. The van der Waals surface area contributed by atoms with Gasteiger partial charge in [0.1, 0.15) is 11.1 Å². The second-order valence-corrected chi connectivity index (χ2v) is 4.48. The molecule has 0 bridgehead atoms. The van der Waals surface area contributed by atoms with Crippen molar-refractivity contribution in [3.8, 4) is 6.01 Å². The molecule has 0 unspecified atom stereocenters. The first kappa shape index (κ1) is 9.27. The molecular formula is C8H9BrN2OS. The monoisotopic (exact) mass is 260 g/mol. The van der Waals surface area contributed by atoms with E-state index in [1.807, 2.05) is 6.26 Å². The van der Waals surface area contributed by atoms with Crippen LogP contribution in [0.4, 0.5) is 0 Å². The van der Waals surface area contributed by atoms with Crippen molar-refractivity contribution in [1.29, 1.82) is 0 Å². The van der Waals surface area contributed by atoms with Gasteiger partial charge in [-0.2, -0.15) is 4.98 Å². The fraction of sp³-hybridized carbons (Fsp3) is 0.500. The van der Waals surface area contributed by atoms with Crippen LogP contribution in [0.2, 0.25) is 0 Å². The molecule has 2 rings (SSSR count). The molecule has 0 aromatic carbocycles. The SMILES string of the molecule is CSc1nc(OC2CC2)ncc1Br. The van der Waals surface area contributed by atoms with E-state index in [-0.39, 0.29) is 0 Å². The number of halogens is 1. The zero-order chi connectivity index (χ0) is 9.26. The highest BCUT2D eigenvalue weighted by Gasteiger charge is 2.24. The molecule has 0 saturated heterocycles. The first-order valence-corrected chi connectivity index (χ1v) is 6.04. The van der Waals surface area contributed by atoms with Crippen LogP contribution in [0.5, 0.6) is 6.01 Å². The van der Waals surface area contributed by atoms with Crippen molar-refractivity contribution in [2.24, 2.45) is 0 Å². The maximum atomic E-state index is 5.47. The summed E-state index contributed by atoms with van der Waals surface area (Å²) in [5, 5.41) is 0.922.